The van der Waals surface area contributed by atoms with E-state index in [4.69, 9.17) is 5.73 Å². The summed E-state index contributed by atoms with van der Waals surface area (Å²) in [7, 11) is 0. The topological polar surface area (TPSA) is 38.0 Å². The van der Waals surface area contributed by atoms with Crippen molar-refractivity contribution in [2.45, 2.75) is 45.4 Å². The molecule has 0 heterocycles. The van der Waals surface area contributed by atoms with E-state index in [2.05, 4.69) is 24.4 Å². The Hall–Kier alpha value is -1.02. The van der Waals surface area contributed by atoms with E-state index in [-0.39, 0.29) is 0 Å². The van der Waals surface area contributed by atoms with Crippen molar-refractivity contribution in [3.05, 3.63) is 29.8 Å². The Bertz CT molecular complexity index is 346. The molecule has 0 spiro atoms. The highest BCUT2D eigenvalue weighted by atomic mass is 14.9. The molecule has 1 aromatic rings. The Labute approximate surface area is 111 Å². The second-order valence-corrected chi connectivity index (χ2v) is 5.73. The zero-order valence-corrected chi connectivity index (χ0v) is 11.5. The van der Waals surface area contributed by atoms with E-state index < -0.39 is 0 Å². The predicted molar refractivity (Wildman–Crippen MR) is 78.6 cm³/mol. The SMILES string of the molecule is CCC1(CNCCCc2ccc(N)cc2)CCC1. The van der Waals surface area contributed by atoms with Crippen LogP contribution in [0.1, 0.15) is 44.6 Å². The van der Waals surface area contributed by atoms with E-state index in [9.17, 15) is 0 Å². The summed E-state index contributed by atoms with van der Waals surface area (Å²) in [6, 6.07) is 8.25. The van der Waals surface area contributed by atoms with Gasteiger partial charge in [-0.2, -0.15) is 0 Å². The van der Waals surface area contributed by atoms with Crippen LogP contribution in [-0.4, -0.2) is 13.1 Å². The van der Waals surface area contributed by atoms with Gasteiger partial charge in [0.2, 0.25) is 0 Å². The van der Waals surface area contributed by atoms with Crippen molar-refractivity contribution in [1.82, 2.24) is 5.32 Å². The average Bonchev–Trinajstić information content (AvgIpc) is 2.34. The van der Waals surface area contributed by atoms with Crippen LogP contribution in [0.15, 0.2) is 24.3 Å². The van der Waals surface area contributed by atoms with Crippen LogP contribution in [0.25, 0.3) is 0 Å². The van der Waals surface area contributed by atoms with E-state index >= 15 is 0 Å². The molecule has 100 valence electrons. The van der Waals surface area contributed by atoms with Gasteiger partial charge in [0.15, 0.2) is 0 Å². The number of anilines is 1. The van der Waals surface area contributed by atoms with Crippen molar-refractivity contribution in [2.24, 2.45) is 5.41 Å². The number of nitrogen functional groups attached to an aromatic ring is 1. The minimum Gasteiger partial charge on any atom is -0.399 e. The van der Waals surface area contributed by atoms with E-state index in [1.165, 1.54) is 44.2 Å². The third-order valence-corrected chi connectivity index (χ3v) is 4.46. The van der Waals surface area contributed by atoms with Gasteiger partial charge in [-0.25, -0.2) is 0 Å². The summed E-state index contributed by atoms with van der Waals surface area (Å²) in [6.07, 6.45) is 7.97. The van der Waals surface area contributed by atoms with Crippen LogP contribution >= 0.6 is 0 Å². The van der Waals surface area contributed by atoms with Crippen molar-refractivity contribution in [1.29, 1.82) is 0 Å². The molecule has 0 amide bonds. The molecule has 0 aliphatic heterocycles. The van der Waals surface area contributed by atoms with Gasteiger partial charge in [-0.05, 0) is 61.8 Å². The van der Waals surface area contributed by atoms with Crippen LogP contribution in [0.5, 0.6) is 0 Å². The molecule has 2 rings (SSSR count). The first-order valence-corrected chi connectivity index (χ1v) is 7.29. The molecule has 1 aliphatic carbocycles. The number of nitrogens with two attached hydrogens (primary N) is 1. The second-order valence-electron chi connectivity index (χ2n) is 5.73. The summed E-state index contributed by atoms with van der Waals surface area (Å²) in [5.41, 5.74) is 8.56. The quantitative estimate of drug-likeness (QED) is 0.572. The molecule has 3 N–H and O–H groups in total. The lowest BCUT2D eigenvalue weighted by Crippen LogP contribution is -2.39. The van der Waals surface area contributed by atoms with Gasteiger partial charge in [0.25, 0.3) is 0 Å². The van der Waals surface area contributed by atoms with Crippen molar-refractivity contribution in [2.75, 3.05) is 18.8 Å². The minimum atomic E-state index is 0.640. The fourth-order valence-corrected chi connectivity index (χ4v) is 2.79. The van der Waals surface area contributed by atoms with Crippen LogP contribution in [0.3, 0.4) is 0 Å². The Balaban J connectivity index is 1.60. The second kappa shape index (κ2) is 6.24. The molecule has 0 aromatic heterocycles. The molecular formula is C16H26N2. The third-order valence-electron chi connectivity index (χ3n) is 4.46. The molecule has 2 heteroatoms. The normalized spacial score (nSPS) is 17.4. The van der Waals surface area contributed by atoms with Crippen molar-refractivity contribution < 1.29 is 0 Å². The van der Waals surface area contributed by atoms with Gasteiger partial charge in [0.1, 0.15) is 0 Å². The number of benzene rings is 1. The summed E-state index contributed by atoms with van der Waals surface area (Å²) in [6.45, 7) is 4.67. The monoisotopic (exact) mass is 246 g/mol. The highest BCUT2D eigenvalue weighted by molar-refractivity contribution is 5.39. The molecule has 1 fully saturated rings. The number of hydrogen-bond donors (Lipinski definition) is 2. The summed E-state index contributed by atoms with van der Waals surface area (Å²) in [5, 5.41) is 3.64. The highest BCUT2D eigenvalue weighted by Crippen LogP contribution is 2.42. The maximum absolute atomic E-state index is 5.68. The van der Waals surface area contributed by atoms with Crippen LogP contribution in [0.2, 0.25) is 0 Å². The first kappa shape index (κ1) is 13.4. The fraction of sp³-hybridized carbons (Fsp3) is 0.625. The van der Waals surface area contributed by atoms with Crippen molar-refractivity contribution >= 4 is 5.69 Å². The number of aryl methyl sites for hydroxylation is 1. The van der Waals surface area contributed by atoms with Crippen molar-refractivity contribution in [3.63, 3.8) is 0 Å². The zero-order valence-electron chi connectivity index (χ0n) is 11.5. The van der Waals surface area contributed by atoms with Gasteiger partial charge in [0.05, 0.1) is 0 Å². The molecule has 18 heavy (non-hydrogen) atoms. The van der Waals surface area contributed by atoms with Gasteiger partial charge >= 0.3 is 0 Å². The van der Waals surface area contributed by atoms with Gasteiger partial charge in [-0.1, -0.05) is 25.5 Å². The predicted octanol–water partition coefficient (Wildman–Crippen LogP) is 3.37. The molecule has 0 radical (unpaired) electrons. The van der Waals surface area contributed by atoms with Gasteiger partial charge in [-0.3, -0.25) is 0 Å². The zero-order chi connectivity index (χ0) is 12.8. The standard InChI is InChI=1S/C16H26N2/c1-2-16(10-4-11-16)13-18-12-3-5-14-6-8-15(17)9-7-14/h6-9,18H,2-5,10-13,17H2,1H3. The first-order valence-electron chi connectivity index (χ1n) is 7.29. The maximum Gasteiger partial charge on any atom is 0.0314 e. The lowest BCUT2D eigenvalue weighted by Gasteiger charge is -2.41. The number of nitrogens with one attached hydrogen (secondary N) is 1. The smallest absolute Gasteiger partial charge is 0.0314 e. The molecule has 0 saturated heterocycles. The van der Waals surface area contributed by atoms with Gasteiger partial charge in [0, 0.05) is 12.2 Å². The van der Waals surface area contributed by atoms with Crippen LogP contribution in [0, 0.1) is 5.41 Å². The summed E-state index contributed by atoms with van der Waals surface area (Å²) in [4.78, 5) is 0. The molecule has 0 unspecified atom stereocenters. The fourth-order valence-electron chi connectivity index (χ4n) is 2.79. The van der Waals surface area contributed by atoms with E-state index in [1.807, 2.05) is 12.1 Å². The Morgan fingerprint density at radius 1 is 1.22 bits per heavy atom. The average molecular weight is 246 g/mol. The third kappa shape index (κ3) is 3.49. The van der Waals surface area contributed by atoms with Crippen LogP contribution < -0.4 is 11.1 Å². The maximum atomic E-state index is 5.68. The Kier molecular flexibility index (Phi) is 4.65. The molecule has 0 atom stereocenters. The van der Waals surface area contributed by atoms with Crippen LogP contribution in [0.4, 0.5) is 5.69 Å². The molecule has 2 nitrogen and oxygen atoms in total. The van der Waals surface area contributed by atoms with Crippen molar-refractivity contribution in [3.8, 4) is 0 Å². The lowest BCUT2D eigenvalue weighted by atomic mass is 9.67. The molecular weight excluding hydrogens is 220 g/mol. The summed E-state index contributed by atoms with van der Waals surface area (Å²) < 4.78 is 0. The Morgan fingerprint density at radius 3 is 2.50 bits per heavy atom. The molecule has 1 aromatic carbocycles. The van der Waals surface area contributed by atoms with Gasteiger partial charge < -0.3 is 11.1 Å². The van der Waals surface area contributed by atoms with Crippen LogP contribution in [-0.2, 0) is 6.42 Å². The number of hydrogen-bond acceptors (Lipinski definition) is 2. The first-order chi connectivity index (χ1) is 8.74. The summed E-state index contributed by atoms with van der Waals surface area (Å²) in [5.74, 6) is 0. The molecule has 1 saturated carbocycles. The van der Waals surface area contributed by atoms with E-state index in [0.717, 1.165) is 18.7 Å². The molecule has 1 aliphatic rings. The Morgan fingerprint density at radius 2 is 1.94 bits per heavy atom. The largest absolute Gasteiger partial charge is 0.399 e. The van der Waals surface area contributed by atoms with E-state index in [1.54, 1.807) is 0 Å². The number of rotatable bonds is 7. The summed E-state index contributed by atoms with van der Waals surface area (Å²) >= 11 is 0. The lowest BCUT2D eigenvalue weighted by molar-refractivity contribution is 0.124. The minimum absolute atomic E-state index is 0.640. The molecule has 0 bridgehead atoms. The highest BCUT2D eigenvalue weighted by Gasteiger charge is 2.34. The van der Waals surface area contributed by atoms with Gasteiger partial charge in [-0.15, -0.1) is 0 Å². The van der Waals surface area contributed by atoms with E-state index in [0.29, 0.717) is 5.41 Å².